The molecule has 0 saturated heterocycles. The summed E-state index contributed by atoms with van der Waals surface area (Å²) in [7, 11) is 0. The first-order valence-corrected chi connectivity index (χ1v) is 8.57. The molecular weight excluding hydrogens is 401 g/mol. The highest BCUT2D eigenvalue weighted by molar-refractivity contribution is 9.11. The minimum absolute atomic E-state index is 0.335. The molecule has 2 aromatic rings. The Morgan fingerprint density at radius 3 is 2.15 bits per heavy atom. The Bertz CT molecular complexity index is 588. The SMILES string of the molecule is Clc1ccc(C(Nc2c(Br)cccc2Br)C2CC2)cc1. The summed E-state index contributed by atoms with van der Waals surface area (Å²) >= 11 is 13.2. The van der Waals surface area contributed by atoms with Gasteiger partial charge >= 0.3 is 0 Å². The maximum absolute atomic E-state index is 5.99. The zero-order valence-electron chi connectivity index (χ0n) is 10.7. The summed E-state index contributed by atoms with van der Waals surface area (Å²) in [5, 5.41) is 4.46. The van der Waals surface area contributed by atoms with Crippen LogP contribution in [0.4, 0.5) is 5.69 Å². The third kappa shape index (κ3) is 3.21. The average molecular weight is 416 g/mol. The van der Waals surface area contributed by atoms with Crippen LogP contribution in [0.1, 0.15) is 24.4 Å². The molecule has 1 aliphatic carbocycles. The Labute approximate surface area is 141 Å². The van der Waals surface area contributed by atoms with Crippen molar-refractivity contribution in [3.63, 3.8) is 0 Å². The zero-order valence-corrected chi connectivity index (χ0v) is 14.7. The summed E-state index contributed by atoms with van der Waals surface area (Å²) in [6.07, 6.45) is 2.56. The number of halogens is 3. The van der Waals surface area contributed by atoms with Gasteiger partial charge in [-0.3, -0.25) is 0 Å². The zero-order chi connectivity index (χ0) is 14.1. The number of hydrogen-bond acceptors (Lipinski definition) is 1. The van der Waals surface area contributed by atoms with Gasteiger partial charge in [0.25, 0.3) is 0 Å². The van der Waals surface area contributed by atoms with E-state index in [1.54, 1.807) is 0 Å². The Kier molecular flexibility index (Phi) is 4.39. The number of para-hydroxylation sites is 1. The monoisotopic (exact) mass is 413 g/mol. The summed E-state index contributed by atoms with van der Waals surface area (Å²) in [5.74, 6) is 0.704. The van der Waals surface area contributed by atoms with Gasteiger partial charge in [0.1, 0.15) is 0 Å². The smallest absolute Gasteiger partial charge is 0.0633 e. The molecule has 1 nitrogen and oxygen atoms in total. The second-order valence-electron chi connectivity index (χ2n) is 5.11. The third-order valence-corrected chi connectivity index (χ3v) is 5.16. The third-order valence-electron chi connectivity index (χ3n) is 3.59. The van der Waals surface area contributed by atoms with Crippen molar-refractivity contribution in [3.05, 3.63) is 62.0 Å². The molecule has 1 fully saturated rings. The molecule has 1 unspecified atom stereocenters. The molecule has 0 spiro atoms. The predicted octanol–water partition coefficient (Wildman–Crippen LogP) is 6.43. The fourth-order valence-electron chi connectivity index (χ4n) is 2.36. The minimum atomic E-state index is 0.335. The van der Waals surface area contributed by atoms with Gasteiger partial charge < -0.3 is 5.32 Å². The van der Waals surface area contributed by atoms with E-state index in [4.69, 9.17) is 11.6 Å². The first-order chi connectivity index (χ1) is 9.65. The van der Waals surface area contributed by atoms with Crippen LogP contribution in [-0.2, 0) is 0 Å². The lowest BCUT2D eigenvalue weighted by atomic mass is 10.0. The van der Waals surface area contributed by atoms with Gasteiger partial charge in [-0.2, -0.15) is 0 Å². The second-order valence-corrected chi connectivity index (χ2v) is 7.25. The lowest BCUT2D eigenvalue weighted by Gasteiger charge is -2.22. The van der Waals surface area contributed by atoms with E-state index in [0.29, 0.717) is 12.0 Å². The number of nitrogens with one attached hydrogen (secondary N) is 1. The first kappa shape index (κ1) is 14.4. The summed E-state index contributed by atoms with van der Waals surface area (Å²) in [4.78, 5) is 0. The van der Waals surface area contributed by atoms with E-state index in [1.165, 1.54) is 18.4 Å². The standard InChI is InChI=1S/C16H14Br2ClN/c17-13-2-1-3-14(18)16(13)20-15(10-4-5-10)11-6-8-12(19)9-7-11/h1-3,6-10,15,20H,4-5H2. The molecule has 0 heterocycles. The fraction of sp³-hybridized carbons (Fsp3) is 0.250. The molecule has 0 radical (unpaired) electrons. The second kappa shape index (κ2) is 6.08. The van der Waals surface area contributed by atoms with Crippen LogP contribution < -0.4 is 5.32 Å². The number of hydrogen-bond donors (Lipinski definition) is 1. The van der Waals surface area contributed by atoms with Crippen LogP contribution in [0.15, 0.2) is 51.4 Å². The maximum atomic E-state index is 5.99. The Balaban J connectivity index is 1.90. The molecule has 20 heavy (non-hydrogen) atoms. The maximum Gasteiger partial charge on any atom is 0.0633 e. The molecule has 2 aromatic carbocycles. The van der Waals surface area contributed by atoms with Gasteiger partial charge in [-0.1, -0.05) is 29.8 Å². The molecule has 1 saturated carbocycles. The van der Waals surface area contributed by atoms with Crippen molar-refractivity contribution in [2.24, 2.45) is 5.92 Å². The topological polar surface area (TPSA) is 12.0 Å². The van der Waals surface area contributed by atoms with Crippen molar-refractivity contribution in [3.8, 4) is 0 Å². The van der Waals surface area contributed by atoms with Gasteiger partial charge in [-0.15, -0.1) is 0 Å². The molecule has 3 rings (SSSR count). The highest BCUT2D eigenvalue weighted by atomic mass is 79.9. The van der Waals surface area contributed by atoms with Crippen LogP contribution in [0.2, 0.25) is 5.02 Å². The van der Waals surface area contributed by atoms with Gasteiger partial charge in [0.15, 0.2) is 0 Å². The predicted molar refractivity (Wildman–Crippen MR) is 92.4 cm³/mol. The normalized spacial score (nSPS) is 15.9. The highest BCUT2D eigenvalue weighted by Crippen LogP contribution is 2.45. The van der Waals surface area contributed by atoms with Crippen molar-refractivity contribution in [1.82, 2.24) is 0 Å². The van der Waals surface area contributed by atoms with Crippen LogP contribution >= 0.6 is 43.5 Å². The van der Waals surface area contributed by atoms with E-state index in [2.05, 4.69) is 61.4 Å². The van der Waals surface area contributed by atoms with Crippen molar-refractivity contribution in [2.75, 3.05) is 5.32 Å². The number of rotatable bonds is 4. The van der Waals surface area contributed by atoms with Crippen molar-refractivity contribution in [2.45, 2.75) is 18.9 Å². The minimum Gasteiger partial charge on any atom is -0.376 e. The van der Waals surface area contributed by atoms with Crippen LogP contribution in [-0.4, -0.2) is 0 Å². The molecule has 0 aliphatic heterocycles. The van der Waals surface area contributed by atoms with Gasteiger partial charge in [-0.05, 0) is 80.4 Å². The van der Waals surface area contributed by atoms with E-state index < -0.39 is 0 Å². The van der Waals surface area contributed by atoms with Gasteiger partial charge in [0, 0.05) is 14.0 Å². The largest absolute Gasteiger partial charge is 0.376 e. The summed E-state index contributed by atoms with van der Waals surface area (Å²) in [6.45, 7) is 0. The van der Waals surface area contributed by atoms with Crippen LogP contribution in [0.25, 0.3) is 0 Å². The fourth-order valence-corrected chi connectivity index (χ4v) is 3.72. The van der Waals surface area contributed by atoms with Crippen LogP contribution in [0.3, 0.4) is 0 Å². The quantitative estimate of drug-likeness (QED) is 0.607. The van der Waals surface area contributed by atoms with Gasteiger partial charge in [0.05, 0.1) is 11.7 Å². The first-order valence-electron chi connectivity index (χ1n) is 6.61. The van der Waals surface area contributed by atoms with E-state index in [0.717, 1.165) is 19.7 Å². The molecule has 4 heteroatoms. The van der Waals surface area contributed by atoms with E-state index >= 15 is 0 Å². The highest BCUT2D eigenvalue weighted by Gasteiger charge is 2.32. The van der Waals surface area contributed by atoms with E-state index in [-0.39, 0.29) is 0 Å². The summed E-state index contributed by atoms with van der Waals surface area (Å²) in [5.41, 5.74) is 2.40. The molecule has 1 aliphatic rings. The molecule has 0 aromatic heterocycles. The lowest BCUT2D eigenvalue weighted by Crippen LogP contribution is -2.13. The molecule has 0 amide bonds. The average Bonchev–Trinajstić information content (AvgIpc) is 3.24. The number of anilines is 1. The number of benzene rings is 2. The molecule has 1 atom stereocenters. The van der Waals surface area contributed by atoms with Crippen LogP contribution in [0.5, 0.6) is 0 Å². The van der Waals surface area contributed by atoms with Gasteiger partial charge in [-0.25, -0.2) is 0 Å². The lowest BCUT2D eigenvalue weighted by molar-refractivity contribution is 0.678. The molecule has 104 valence electrons. The molecular formula is C16H14Br2ClN. The Hall–Kier alpha value is -0.510. The van der Waals surface area contributed by atoms with E-state index in [1.807, 2.05) is 18.2 Å². The summed E-state index contributed by atoms with van der Waals surface area (Å²) in [6, 6.07) is 14.6. The molecule has 1 N–H and O–H groups in total. The van der Waals surface area contributed by atoms with Crippen molar-refractivity contribution in [1.29, 1.82) is 0 Å². The Morgan fingerprint density at radius 1 is 1.00 bits per heavy atom. The molecule has 0 bridgehead atoms. The summed E-state index contributed by atoms with van der Waals surface area (Å²) < 4.78 is 2.15. The van der Waals surface area contributed by atoms with Gasteiger partial charge in [0.2, 0.25) is 0 Å². The van der Waals surface area contributed by atoms with Crippen molar-refractivity contribution < 1.29 is 0 Å². The van der Waals surface area contributed by atoms with Crippen LogP contribution in [0, 0.1) is 5.92 Å². The van der Waals surface area contributed by atoms with E-state index in [9.17, 15) is 0 Å². The van der Waals surface area contributed by atoms with Crippen molar-refractivity contribution >= 4 is 49.1 Å². The Morgan fingerprint density at radius 2 is 1.60 bits per heavy atom.